The number of aromatic nitrogens is 3. The molecule has 10 heteroatoms. The van der Waals surface area contributed by atoms with Gasteiger partial charge in [0.05, 0.1) is 16.9 Å². The van der Waals surface area contributed by atoms with E-state index in [4.69, 9.17) is 24.4 Å². The molecule has 41 heavy (non-hydrogen) atoms. The number of rotatable bonds is 7. The standard InChI is InChI=1S/C30H34N6O2.CO2/c1-23-20-24-8-5-12-31-28(24)29(30(23)38-22-27(37)34-14-7-15-34)35-16-6-13-33(18-19-35)21-25-11-17-36(32-25)26-9-3-2-4-10-26;2-1-3/h2-5,8-12,17,20H,6-7,13-16,18-19,21-22H2,1H3;. The average Bonchev–Trinajstić information content (AvgIpc) is 3.30. The van der Waals surface area contributed by atoms with Gasteiger partial charge in [0, 0.05) is 63.6 Å². The van der Waals surface area contributed by atoms with E-state index >= 15 is 0 Å². The zero-order valence-corrected chi connectivity index (χ0v) is 23.2. The van der Waals surface area contributed by atoms with E-state index in [-0.39, 0.29) is 18.7 Å². The molecule has 10 nitrogen and oxygen atoms in total. The van der Waals surface area contributed by atoms with E-state index in [0.29, 0.717) is 0 Å². The third-order valence-corrected chi connectivity index (χ3v) is 7.51. The van der Waals surface area contributed by atoms with Crippen molar-refractivity contribution in [1.29, 1.82) is 0 Å². The van der Waals surface area contributed by atoms with Crippen molar-refractivity contribution in [3.05, 3.63) is 78.2 Å². The number of carbonyl (C=O) groups is 1. The van der Waals surface area contributed by atoms with Crippen LogP contribution in [-0.4, -0.2) is 82.5 Å². The van der Waals surface area contributed by atoms with E-state index in [9.17, 15) is 4.79 Å². The minimum Gasteiger partial charge on any atom is -0.481 e. The van der Waals surface area contributed by atoms with Crippen LogP contribution in [0.5, 0.6) is 5.75 Å². The van der Waals surface area contributed by atoms with Crippen LogP contribution in [0.25, 0.3) is 16.6 Å². The van der Waals surface area contributed by atoms with E-state index < -0.39 is 0 Å². The largest absolute Gasteiger partial charge is 0.481 e. The van der Waals surface area contributed by atoms with Gasteiger partial charge in [0.2, 0.25) is 0 Å². The van der Waals surface area contributed by atoms with Crippen LogP contribution in [0.1, 0.15) is 24.1 Å². The summed E-state index contributed by atoms with van der Waals surface area (Å²) in [5.74, 6) is 0.833. The summed E-state index contributed by atoms with van der Waals surface area (Å²) in [5.41, 5.74) is 5.11. The van der Waals surface area contributed by atoms with Crippen LogP contribution in [-0.2, 0) is 20.9 Å². The molecule has 0 saturated carbocycles. The molecule has 1 amide bonds. The molecule has 2 aromatic carbocycles. The lowest BCUT2D eigenvalue weighted by Crippen LogP contribution is -2.44. The molecule has 2 aliphatic heterocycles. The first kappa shape index (κ1) is 28.0. The Labute approximate surface area is 239 Å². The molecule has 2 fully saturated rings. The minimum atomic E-state index is 0.0553. The number of benzene rings is 2. The molecule has 2 aromatic heterocycles. The van der Waals surface area contributed by atoms with Gasteiger partial charge in [-0.05, 0) is 55.7 Å². The van der Waals surface area contributed by atoms with Crippen LogP contribution in [0.3, 0.4) is 0 Å². The summed E-state index contributed by atoms with van der Waals surface area (Å²) in [4.78, 5) is 40.3. The van der Waals surface area contributed by atoms with Gasteiger partial charge >= 0.3 is 6.15 Å². The molecule has 0 aliphatic carbocycles. The molecule has 0 spiro atoms. The molecule has 4 heterocycles. The molecule has 212 valence electrons. The second kappa shape index (κ2) is 13.2. The Balaban J connectivity index is 0.00000108. The number of anilines is 1. The molecule has 4 aromatic rings. The number of amides is 1. The summed E-state index contributed by atoms with van der Waals surface area (Å²) in [7, 11) is 0. The molecule has 2 aliphatic rings. The highest BCUT2D eigenvalue weighted by Crippen LogP contribution is 2.39. The van der Waals surface area contributed by atoms with Crippen LogP contribution in [0, 0.1) is 6.92 Å². The Morgan fingerprint density at radius 1 is 0.951 bits per heavy atom. The number of carbonyl (C=O) groups excluding carboxylic acids is 3. The second-order valence-corrected chi connectivity index (χ2v) is 10.3. The summed E-state index contributed by atoms with van der Waals surface area (Å²) in [6.07, 6.45) is 6.22. The number of aryl methyl sites for hydroxylation is 1. The minimum absolute atomic E-state index is 0.0553. The van der Waals surface area contributed by atoms with Crippen molar-refractivity contribution < 1.29 is 19.1 Å². The number of ether oxygens (including phenoxy) is 1. The van der Waals surface area contributed by atoms with Gasteiger partial charge in [-0.15, -0.1) is 0 Å². The number of para-hydroxylation sites is 1. The number of fused-ring (bicyclic) bond motifs is 1. The van der Waals surface area contributed by atoms with Crippen molar-refractivity contribution in [2.75, 3.05) is 50.8 Å². The molecule has 0 atom stereocenters. The van der Waals surface area contributed by atoms with E-state index in [0.717, 1.165) is 97.9 Å². The predicted octanol–water partition coefficient (Wildman–Crippen LogP) is 3.47. The molecular formula is C31H34N6O4. The van der Waals surface area contributed by atoms with Crippen molar-refractivity contribution in [2.45, 2.75) is 26.3 Å². The number of pyridine rings is 1. The first-order chi connectivity index (χ1) is 20.1. The lowest BCUT2D eigenvalue weighted by molar-refractivity contribution is -0.191. The van der Waals surface area contributed by atoms with Gasteiger partial charge in [-0.25, -0.2) is 4.68 Å². The third kappa shape index (κ3) is 6.62. The molecule has 0 unspecified atom stereocenters. The van der Waals surface area contributed by atoms with Crippen molar-refractivity contribution in [3.8, 4) is 11.4 Å². The highest BCUT2D eigenvalue weighted by Gasteiger charge is 2.25. The van der Waals surface area contributed by atoms with E-state index in [1.54, 1.807) is 0 Å². The lowest BCUT2D eigenvalue weighted by Gasteiger charge is -2.31. The van der Waals surface area contributed by atoms with Crippen molar-refractivity contribution in [3.63, 3.8) is 0 Å². The van der Waals surface area contributed by atoms with Gasteiger partial charge in [0.1, 0.15) is 11.4 Å². The van der Waals surface area contributed by atoms with Gasteiger partial charge in [0.15, 0.2) is 6.61 Å². The smallest absolute Gasteiger partial charge is 0.373 e. The fraction of sp³-hybridized carbons (Fsp3) is 0.355. The summed E-state index contributed by atoms with van der Waals surface area (Å²) >= 11 is 0. The number of hydrogen-bond acceptors (Lipinski definition) is 8. The zero-order valence-electron chi connectivity index (χ0n) is 23.2. The summed E-state index contributed by atoms with van der Waals surface area (Å²) in [5, 5.41) is 5.90. The van der Waals surface area contributed by atoms with Gasteiger partial charge in [0.25, 0.3) is 5.91 Å². The highest BCUT2D eigenvalue weighted by molar-refractivity contribution is 5.95. The normalized spacial score (nSPS) is 15.3. The first-order valence-corrected chi connectivity index (χ1v) is 13.9. The maximum Gasteiger partial charge on any atom is 0.373 e. The predicted molar refractivity (Wildman–Crippen MR) is 154 cm³/mol. The van der Waals surface area contributed by atoms with Crippen molar-refractivity contribution in [1.82, 2.24) is 24.6 Å². The number of nitrogens with zero attached hydrogens (tertiary/aromatic N) is 6. The van der Waals surface area contributed by atoms with Gasteiger partial charge in [-0.3, -0.25) is 14.7 Å². The zero-order chi connectivity index (χ0) is 28.6. The third-order valence-electron chi connectivity index (χ3n) is 7.51. The fourth-order valence-electron chi connectivity index (χ4n) is 5.34. The van der Waals surface area contributed by atoms with Crippen LogP contribution >= 0.6 is 0 Å². The van der Waals surface area contributed by atoms with Crippen LogP contribution in [0.4, 0.5) is 5.69 Å². The monoisotopic (exact) mass is 554 g/mol. The second-order valence-electron chi connectivity index (χ2n) is 10.3. The Hall–Kier alpha value is -4.53. The summed E-state index contributed by atoms with van der Waals surface area (Å²) in [6, 6.07) is 18.5. The average molecular weight is 555 g/mol. The van der Waals surface area contributed by atoms with Crippen LogP contribution in [0.15, 0.2) is 67.0 Å². The molecule has 2 saturated heterocycles. The number of likely N-dealkylation sites (tertiary alicyclic amines) is 1. The van der Waals surface area contributed by atoms with Crippen molar-refractivity contribution >= 4 is 28.6 Å². The van der Waals surface area contributed by atoms with E-state index in [2.05, 4.69) is 47.1 Å². The van der Waals surface area contributed by atoms with E-state index in [1.165, 1.54) is 0 Å². The number of hydrogen-bond donors (Lipinski definition) is 0. The highest BCUT2D eigenvalue weighted by atomic mass is 16.5. The molecule has 0 bridgehead atoms. The van der Waals surface area contributed by atoms with Gasteiger partial charge < -0.3 is 14.5 Å². The fourth-order valence-corrected chi connectivity index (χ4v) is 5.34. The summed E-state index contributed by atoms with van der Waals surface area (Å²) < 4.78 is 8.20. The Morgan fingerprint density at radius 3 is 2.49 bits per heavy atom. The molecule has 0 N–H and O–H groups in total. The van der Waals surface area contributed by atoms with Crippen LogP contribution in [0.2, 0.25) is 0 Å². The Morgan fingerprint density at radius 2 is 1.73 bits per heavy atom. The van der Waals surface area contributed by atoms with Crippen LogP contribution < -0.4 is 9.64 Å². The SMILES string of the molecule is Cc1cc2cccnc2c(N2CCCN(Cc3ccn(-c4ccccc4)n3)CC2)c1OCC(=O)N1CCC1.O=C=O. The summed E-state index contributed by atoms with van der Waals surface area (Å²) in [6.45, 7) is 8.27. The van der Waals surface area contributed by atoms with Gasteiger partial charge in [-0.2, -0.15) is 14.7 Å². The van der Waals surface area contributed by atoms with Crippen molar-refractivity contribution in [2.24, 2.45) is 0 Å². The molecular weight excluding hydrogens is 520 g/mol. The lowest BCUT2D eigenvalue weighted by atomic mass is 10.1. The van der Waals surface area contributed by atoms with Gasteiger partial charge in [-0.1, -0.05) is 24.3 Å². The van der Waals surface area contributed by atoms with E-state index in [1.807, 2.05) is 46.2 Å². The topological polar surface area (TPSA) is 101 Å². The first-order valence-electron chi connectivity index (χ1n) is 13.9. The quantitative estimate of drug-likeness (QED) is 0.342. The Kier molecular flexibility index (Phi) is 9.03. The maximum atomic E-state index is 12.6. The maximum absolute atomic E-state index is 12.6. The Bertz CT molecular complexity index is 1510. The molecule has 6 rings (SSSR count). The molecule has 0 radical (unpaired) electrons.